The molecule has 3 rings (SSSR count). The van der Waals surface area contributed by atoms with Gasteiger partial charge in [0.05, 0.1) is 22.7 Å². The number of rotatable bonds is 4. The number of halogens is 1. The minimum Gasteiger partial charge on any atom is -0.496 e. The maximum atomic E-state index is 10.7. The fourth-order valence-electron chi connectivity index (χ4n) is 2.22. The van der Waals surface area contributed by atoms with Gasteiger partial charge in [0.15, 0.2) is 5.76 Å². The zero-order valence-corrected chi connectivity index (χ0v) is 13.6. The van der Waals surface area contributed by atoms with Gasteiger partial charge in [0.2, 0.25) is 0 Å². The molecule has 0 atom stereocenters. The first-order valence-corrected chi connectivity index (χ1v) is 7.43. The van der Waals surface area contributed by atoms with E-state index >= 15 is 0 Å². The van der Waals surface area contributed by atoms with Gasteiger partial charge in [-0.2, -0.15) is 0 Å². The second-order valence-corrected chi connectivity index (χ2v) is 5.58. The predicted molar refractivity (Wildman–Crippen MR) is 88.3 cm³/mol. The summed E-state index contributed by atoms with van der Waals surface area (Å²) in [6.07, 6.45) is 1.59. The van der Waals surface area contributed by atoms with Crippen LogP contribution in [-0.2, 0) is 0 Å². The summed E-state index contributed by atoms with van der Waals surface area (Å²) in [6.45, 7) is 0. The van der Waals surface area contributed by atoms with Crippen LogP contribution in [0.2, 0.25) is 0 Å². The van der Waals surface area contributed by atoms with E-state index in [0.29, 0.717) is 11.5 Å². The van der Waals surface area contributed by atoms with Crippen molar-refractivity contribution in [3.63, 3.8) is 0 Å². The third-order valence-corrected chi connectivity index (χ3v) is 3.99. The molecule has 0 spiro atoms. The Morgan fingerprint density at radius 2 is 1.87 bits per heavy atom. The van der Waals surface area contributed by atoms with Gasteiger partial charge in [0, 0.05) is 23.3 Å². The highest BCUT2D eigenvalue weighted by molar-refractivity contribution is 9.10. The summed E-state index contributed by atoms with van der Waals surface area (Å²) in [7, 11) is 1.59. The van der Waals surface area contributed by atoms with Crippen molar-refractivity contribution >= 4 is 21.6 Å². The molecule has 0 saturated heterocycles. The molecule has 1 aromatic heterocycles. The number of nitrogens with zero attached hydrogens (tertiary/aromatic N) is 2. The van der Waals surface area contributed by atoms with Gasteiger partial charge in [-0.25, -0.2) is 0 Å². The second kappa shape index (κ2) is 6.21. The average Bonchev–Trinajstić information content (AvgIpc) is 3.04. The first-order valence-electron chi connectivity index (χ1n) is 6.63. The highest BCUT2D eigenvalue weighted by atomic mass is 79.9. The van der Waals surface area contributed by atoms with Crippen molar-refractivity contribution in [1.29, 1.82) is 0 Å². The summed E-state index contributed by atoms with van der Waals surface area (Å²) in [5.74, 6) is 1.30. The number of hydrogen-bond donors (Lipinski definition) is 0. The number of hydrogen-bond acceptors (Lipinski definition) is 5. The molecule has 1 heterocycles. The lowest BCUT2D eigenvalue weighted by Crippen LogP contribution is -1.88. The Morgan fingerprint density at radius 1 is 1.17 bits per heavy atom. The molecule has 0 saturated carbocycles. The van der Waals surface area contributed by atoms with E-state index < -0.39 is 4.92 Å². The van der Waals surface area contributed by atoms with E-state index in [0.717, 1.165) is 21.2 Å². The van der Waals surface area contributed by atoms with Crippen LogP contribution in [0.3, 0.4) is 0 Å². The molecular formula is C16H11BrN2O4. The lowest BCUT2D eigenvalue weighted by atomic mass is 10.0. The van der Waals surface area contributed by atoms with Crippen molar-refractivity contribution in [3.05, 3.63) is 63.2 Å². The number of non-ortho nitro benzene ring substituents is 1. The smallest absolute Gasteiger partial charge is 0.269 e. The van der Waals surface area contributed by atoms with Gasteiger partial charge in [-0.15, -0.1) is 0 Å². The van der Waals surface area contributed by atoms with Crippen LogP contribution in [0.1, 0.15) is 0 Å². The molecular weight excluding hydrogens is 364 g/mol. The van der Waals surface area contributed by atoms with Gasteiger partial charge >= 0.3 is 0 Å². The summed E-state index contributed by atoms with van der Waals surface area (Å²) in [5, 5.41) is 14.6. The molecule has 0 aliphatic carbocycles. The SMILES string of the molecule is COc1ccc(-c2oncc2-c2ccc([N+](=O)[O-])cc2)cc1Br. The molecule has 0 N–H and O–H groups in total. The third kappa shape index (κ3) is 2.95. The summed E-state index contributed by atoms with van der Waals surface area (Å²) in [4.78, 5) is 10.3. The van der Waals surface area contributed by atoms with Crippen molar-refractivity contribution in [2.24, 2.45) is 0 Å². The minimum atomic E-state index is -0.432. The van der Waals surface area contributed by atoms with Crippen molar-refractivity contribution in [2.75, 3.05) is 7.11 Å². The van der Waals surface area contributed by atoms with Crippen LogP contribution < -0.4 is 4.74 Å². The van der Waals surface area contributed by atoms with Crippen LogP contribution in [0.15, 0.2) is 57.7 Å². The largest absolute Gasteiger partial charge is 0.496 e. The molecule has 7 heteroatoms. The Bertz CT molecular complexity index is 859. The first-order chi connectivity index (χ1) is 11.1. The maximum absolute atomic E-state index is 10.7. The lowest BCUT2D eigenvalue weighted by molar-refractivity contribution is -0.384. The Morgan fingerprint density at radius 3 is 2.48 bits per heavy atom. The van der Waals surface area contributed by atoms with Crippen LogP contribution in [0, 0.1) is 10.1 Å². The standard InChI is InChI=1S/C16H11BrN2O4/c1-22-15-7-4-11(8-14(15)17)16-13(9-18-23-16)10-2-5-12(6-3-10)19(20)21/h2-9H,1H3. The Kier molecular flexibility index (Phi) is 4.12. The van der Waals surface area contributed by atoms with Gasteiger partial charge in [0.25, 0.3) is 5.69 Å². The Hall–Kier alpha value is -2.67. The molecule has 0 aliphatic rings. The van der Waals surface area contributed by atoms with E-state index in [1.54, 1.807) is 25.4 Å². The van der Waals surface area contributed by atoms with E-state index in [-0.39, 0.29) is 5.69 Å². The number of nitro benzene ring substituents is 1. The molecule has 0 radical (unpaired) electrons. The van der Waals surface area contributed by atoms with E-state index in [9.17, 15) is 10.1 Å². The molecule has 0 fully saturated rings. The molecule has 2 aromatic carbocycles. The van der Waals surface area contributed by atoms with E-state index in [4.69, 9.17) is 9.26 Å². The summed E-state index contributed by atoms with van der Waals surface area (Å²) >= 11 is 3.44. The topological polar surface area (TPSA) is 78.4 Å². The molecule has 0 bridgehead atoms. The quantitative estimate of drug-likeness (QED) is 0.488. The van der Waals surface area contributed by atoms with E-state index in [2.05, 4.69) is 21.1 Å². The highest BCUT2D eigenvalue weighted by Crippen LogP contribution is 2.36. The highest BCUT2D eigenvalue weighted by Gasteiger charge is 2.15. The Labute approximate surface area is 140 Å². The third-order valence-electron chi connectivity index (χ3n) is 3.37. The summed E-state index contributed by atoms with van der Waals surface area (Å²) < 4.78 is 11.4. The first kappa shape index (κ1) is 15.2. The van der Waals surface area contributed by atoms with E-state index in [1.807, 2.05) is 18.2 Å². The molecule has 0 unspecified atom stereocenters. The minimum absolute atomic E-state index is 0.0407. The van der Waals surface area contributed by atoms with Gasteiger partial charge in [0.1, 0.15) is 5.75 Å². The molecule has 0 amide bonds. The molecule has 0 aliphatic heterocycles. The van der Waals surface area contributed by atoms with Gasteiger partial charge in [-0.3, -0.25) is 10.1 Å². The van der Waals surface area contributed by atoms with Gasteiger partial charge in [-0.1, -0.05) is 5.16 Å². The van der Waals surface area contributed by atoms with Crippen LogP contribution in [0.4, 0.5) is 5.69 Å². The maximum Gasteiger partial charge on any atom is 0.269 e. The summed E-state index contributed by atoms with van der Waals surface area (Å²) in [6, 6.07) is 11.8. The monoisotopic (exact) mass is 374 g/mol. The van der Waals surface area contributed by atoms with Crippen molar-refractivity contribution in [1.82, 2.24) is 5.16 Å². The van der Waals surface area contributed by atoms with Crippen LogP contribution in [0.5, 0.6) is 5.75 Å². The Balaban J connectivity index is 2.02. The van der Waals surface area contributed by atoms with Crippen molar-refractivity contribution in [3.8, 4) is 28.2 Å². The summed E-state index contributed by atoms with van der Waals surface area (Å²) in [5.41, 5.74) is 2.42. The van der Waals surface area contributed by atoms with Gasteiger partial charge < -0.3 is 9.26 Å². The molecule has 6 nitrogen and oxygen atoms in total. The normalized spacial score (nSPS) is 10.5. The number of nitro groups is 1. The van der Waals surface area contributed by atoms with Gasteiger partial charge in [-0.05, 0) is 51.8 Å². The lowest BCUT2D eigenvalue weighted by Gasteiger charge is -2.06. The number of benzene rings is 2. The second-order valence-electron chi connectivity index (χ2n) is 4.72. The fraction of sp³-hybridized carbons (Fsp3) is 0.0625. The number of methoxy groups -OCH3 is 1. The van der Waals surface area contributed by atoms with Crippen molar-refractivity contribution in [2.45, 2.75) is 0 Å². The average molecular weight is 375 g/mol. The number of ether oxygens (including phenoxy) is 1. The zero-order valence-electron chi connectivity index (χ0n) is 12.0. The molecule has 116 valence electrons. The van der Waals surface area contributed by atoms with Crippen LogP contribution in [0.25, 0.3) is 22.5 Å². The molecule has 23 heavy (non-hydrogen) atoms. The van der Waals surface area contributed by atoms with Crippen molar-refractivity contribution < 1.29 is 14.2 Å². The fourth-order valence-corrected chi connectivity index (χ4v) is 2.76. The zero-order chi connectivity index (χ0) is 16.4. The van der Waals surface area contributed by atoms with E-state index in [1.165, 1.54) is 12.1 Å². The predicted octanol–water partition coefficient (Wildman–Crippen LogP) is 4.69. The molecule has 3 aromatic rings. The number of aromatic nitrogens is 1. The van der Waals surface area contributed by atoms with Crippen LogP contribution in [-0.4, -0.2) is 17.2 Å². The van der Waals surface area contributed by atoms with Crippen LogP contribution >= 0.6 is 15.9 Å².